The molecule has 0 aromatic heterocycles. The molecule has 0 fully saturated rings. The van der Waals surface area contributed by atoms with Crippen LogP contribution in [-0.4, -0.2) is 5.97 Å². The van der Waals surface area contributed by atoms with Gasteiger partial charge in [0.15, 0.2) is 0 Å². The van der Waals surface area contributed by atoms with Gasteiger partial charge in [-0.25, -0.2) is 0 Å². The minimum Gasteiger partial charge on any atom is -0.426 e. The van der Waals surface area contributed by atoms with Gasteiger partial charge in [-0.2, -0.15) is 0 Å². The second kappa shape index (κ2) is 3.48. The maximum Gasteiger partial charge on any atom is 0.315 e. The Labute approximate surface area is 94.9 Å². The van der Waals surface area contributed by atoms with Crippen LogP contribution in [0.1, 0.15) is 24.8 Å². The van der Waals surface area contributed by atoms with Crippen molar-refractivity contribution in [2.45, 2.75) is 19.3 Å². The summed E-state index contributed by atoms with van der Waals surface area (Å²) in [6.45, 7) is 2.12. The van der Waals surface area contributed by atoms with Gasteiger partial charge in [-0.3, -0.25) is 4.79 Å². The van der Waals surface area contributed by atoms with Crippen molar-refractivity contribution in [2.24, 2.45) is 11.8 Å². The van der Waals surface area contributed by atoms with Crippen LogP contribution in [-0.2, 0) is 4.79 Å². The lowest BCUT2D eigenvalue weighted by atomic mass is 9.72. The number of allylic oxidation sites excluding steroid dienone is 2. The summed E-state index contributed by atoms with van der Waals surface area (Å²) in [5.41, 5.74) is 1.15. The monoisotopic (exact) mass is 214 g/mol. The van der Waals surface area contributed by atoms with Gasteiger partial charge in [0.25, 0.3) is 0 Å². The third-order valence-electron chi connectivity index (χ3n) is 3.61. The van der Waals surface area contributed by atoms with Gasteiger partial charge in [0.2, 0.25) is 0 Å². The lowest BCUT2D eigenvalue weighted by Gasteiger charge is -2.35. The van der Waals surface area contributed by atoms with Crippen LogP contribution in [0.25, 0.3) is 0 Å². The van der Waals surface area contributed by atoms with Gasteiger partial charge in [0.1, 0.15) is 5.75 Å². The van der Waals surface area contributed by atoms with Crippen LogP contribution in [0.15, 0.2) is 36.4 Å². The summed E-state index contributed by atoms with van der Waals surface area (Å²) in [7, 11) is 0. The number of carbonyl (C=O) groups excluding carboxylic acids is 1. The number of para-hydroxylation sites is 1. The first-order valence-corrected chi connectivity index (χ1v) is 5.74. The second-order valence-corrected chi connectivity index (χ2v) is 4.65. The highest BCUT2D eigenvalue weighted by molar-refractivity contribution is 5.80. The molecule has 0 bridgehead atoms. The minimum absolute atomic E-state index is 0.0000926. The molecule has 0 amide bonds. The van der Waals surface area contributed by atoms with Gasteiger partial charge in [0, 0.05) is 11.5 Å². The van der Waals surface area contributed by atoms with E-state index in [0.29, 0.717) is 5.92 Å². The molecule has 16 heavy (non-hydrogen) atoms. The third-order valence-corrected chi connectivity index (χ3v) is 3.61. The van der Waals surface area contributed by atoms with Gasteiger partial charge in [-0.15, -0.1) is 0 Å². The fourth-order valence-electron chi connectivity index (χ4n) is 2.76. The number of fused-ring (bicyclic) bond motifs is 3. The average molecular weight is 214 g/mol. The van der Waals surface area contributed by atoms with Gasteiger partial charge in [0.05, 0.1) is 5.92 Å². The Balaban J connectivity index is 2.13. The fraction of sp³-hybridized carbons (Fsp3) is 0.357. The fourth-order valence-corrected chi connectivity index (χ4v) is 2.76. The van der Waals surface area contributed by atoms with Crippen molar-refractivity contribution in [3.63, 3.8) is 0 Å². The molecule has 82 valence electrons. The maximum absolute atomic E-state index is 11.9. The summed E-state index contributed by atoms with van der Waals surface area (Å²) in [6, 6.07) is 7.84. The molecular formula is C14H14O2. The van der Waals surface area contributed by atoms with E-state index >= 15 is 0 Å². The number of hydrogen-bond donors (Lipinski definition) is 0. The SMILES string of the molecule is C[C@H]1CC=C[C@@H]2c3ccccc3OC(=O)[C@H]21. The highest BCUT2D eigenvalue weighted by atomic mass is 16.5. The van der Waals surface area contributed by atoms with Crippen molar-refractivity contribution in [1.82, 2.24) is 0 Å². The zero-order chi connectivity index (χ0) is 11.1. The normalized spacial score (nSPS) is 31.6. The summed E-state index contributed by atoms with van der Waals surface area (Å²) >= 11 is 0. The van der Waals surface area contributed by atoms with Crippen LogP contribution in [0.3, 0.4) is 0 Å². The van der Waals surface area contributed by atoms with Gasteiger partial charge in [-0.05, 0) is 18.4 Å². The Kier molecular flexibility index (Phi) is 2.10. The molecular weight excluding hydrogens is 200 g/mol. The molecule has 1 heterocycles. The van der Waals surface area contributed by atoms with E-state index in [1.54, 1.807) is 0 Å². The van der Waals surface area contributed by atoms with Gasteiger partial charge >= 0.3 is 5.97 Å². The Hall–Kier alpha value is -1.57. The molecule has 1 aliphatic heterocycles. The van der Waals surface area contributed by atoms with Crippen molar-refractivity contribution in [3.8, 4) is 5.75 Å². The van der Waals surface area contributed by atoms with E-state index in [4.69, 9.17) is 4.74 Å². The molecule has 2 aliphatic rings. The molecule has 2 heteroatoms. The number of hydrogen-bond acceptors (Lipinski definition) is 2. The predicted molar refractivity (Wildman–Crippen MR) is 61.2 cm³/mol. The van der Waals surface area contributed by atoms with Gasteiger partial charge in [-0.1, -0.05) is 37.3 Å². The van der Waals surface area contributed by atoms with E-state index in [2.05, 4.69) is 25.1 Å². The molecule has 1 aromatic carbocycles. The zero-order valence-electron chi connectivity index (χ0n) is 9.22. The molecule has 3 rings (SSSR count). The number of benzene rings is 1. The van der Waals surface area contributed by atoms with Crippen LogP contribution in [0.4, 0.5) is 0 Å². The van der Waals surface area contributed by atoms with Crippen molar-refractivity contribution in [2.75, 3.05) is 0 Å². The molecule has 2 nitrogen and oxygen atoms in total. The zero-order valence-corrected chi connectivity index (χ0v) is 9.22. The Morgan fingerprint density at radius 2 is 2.12 bits per heavy atom. The topological polar surface area (TPSA) is 26.3 Å². The summed E-state index contributed by atoms with van der Waals surface area (Å²) in [4.78, 5) is 11.9. The first kappa shape index (κ1) is 9.64. The van der Waals surface area contributed by atoms with Gasteiger partial charge < -0.3 is 4.74 Å². The summed E-state index contributed by atoms with van der Waals surface area (Å²) in [5.74, 6) is 1.24. The van der Waals surface area contributed by atoms with Crippen LogP contribution in [0.5, 0.6) is 5.75 Å². The van der Waals surface area contributed by atoms with Crippen LogP contribution in [0, 0.1) is 11.8 Å². The van der Waals surface area contributed by atoms with Crippen molar-refractivity contribution in [1.29, 1.82) is 0 Å². The average Bonchev–Trinajstić information content (AvgIpc) is 2.29. The van der Waals surface area contributed by atoms with E-state index in [1.165, 1.54) is 0 Å². The number of rotatable bonds is 0. The highest BCUT2D eigenvalue weighted by Gasteiger charge is 2.40. The number of ether oxygens (including phenoxy) is 1. The molecule has 1 aliphatic carbocycles. The van der Waals surface area contributed by atoms with E-state index in [1.807, 2.05) is 18.2 Å². The first-order chi connectivity index (χ1) is 7.77. The lowest BCUT2D eigenvalue weighted by Crippen LogP contribution is -2.36. The molecule has 1 aromatic rings. The lowest BCUT2D eigenvalue weighted by molar-refractivity contribution is -0.142. The third kappa shape index (κ3) is 1.29. The van der Waals surface area contributed by atoms with E-state index in [-0.39, 0.29) is 17.8 Å². The Bertz CT molecular complexity index is 462. The molecule has 0 radical (unpaired) electrons. The molecule has 0 spiro atoms. The maximum atomic E-state index is 11.9. The van der Waals surface area contributed by atoms with E-state index < -0.39 is 0 Å². The standard InChI is InChI=1S/C14H14O2/c1-9-5-4-7-11-10-6-2-3-8-12(10)16-14(15)13(9)11/h2-4,6-9,11,13H,5H2,1H3/t9-,11+,13-/m0/s1. The minimum atomic E-state index is -0.0689. The van der Waals surface area contributed by atoms with Crippen LogP contribution < -0.4 is 4.74 Å². The number of carbonyl (C=O) groups is 1. The summed E-state index contributed by atoms with van der Waals surface area (Å²) < 4.78 is 5.40. The smallest absolute Gasteiger partial charge is 0.315 e. The first-order valence-electron chi connectivity index (χ1n) is 5.74. The van der Waals surface area contributed by atoms with Crippen molar-refractivity contribution < 1.29 is 9.53 Å². The Morgan fingerprint density at radius 1 is 1.31 bits per heavy atom. The highest BCUT2D eigenvalue weighted by Crippen LogP contribution is 2.44. The summed E-state index contributed by atoms with van der Waals surface area (Å²) in [6.07, 6.45) is 5.31. The molecule has 0 unspecified atom stereocenters. The second-order valence-electron chi connectivity index (χ2n) is 4.65. The predicted octanol–water partition coefficient (Wildman–Crippen LogP) is 2.90. The van der Waals surface area contributed by atoms with Crippen LogP contribution in [0.2, 0.25) is 0 Å². The van der Waals surface area contributed by atoms with Crippen molar-refractivity contribution in [3.05, 3.63) is 42.0 Å². The molecule has 0 saturated heterocycles. The number of esters is 1. The molecule has 0 N–H and O–H groups in total. The van der Waals surface area contributed by atoms with Crippen molar-refractivity contribution >= 4 is 5.97 Å². The Morgan fingerprint density at radius 3 is 3.00 bits per heavy atom. The molecule has 3 atom stereocenters. The summed E-state index contributed by atoms with van der Waals surface area (Å²) in [5, 5.41) is 0. The van der Waals surface area contributed by atoms with Crippen LogP contribution >= 0.6 is 0 Å². The van der Waals surface area contributed by atoms with E-state index in [0.717, 1.165) is 17.7 Å². The largest absolute Gasteiger partial charge is 0.426 e. The quantitative estimate of drug-likeness (QED) is 0.377. The molecule has 0 saturated carbocycles. The van der Waals surface area contributed by atoms with E-state index in [9.17, 15) is 4.79 Å².